The van der Waals surface area contributed by atoms with Crippen LogP contribution in [0.25, 0.3) is 22.4 Å². The lowest BCUT2D eigenvalue weighted by atomic mass is 10.1. The summed E-state index contributed by atoms with van der Waals surface area (Å²) < 4.78 is 13.2. The van der Waals surface area contributed by atoms with Crippen LogP contribution in [0.2, 0.25) is 0 Å². The summed E-state index contributed by atoms with van der Waals surface area (Å²) in [5, 5.41) is 18.9. The van der Waals surface area contributed by atoms with Gasteiger partial charge in [0.15, 0.2) is 11.4 Å². The molecule has 0 spiro atoms. The molecule has 1 aromatic carbocycles. The van der Waals surface area contributed by atoms with Gasteiger partial charge in [-0.3, -0.25) is 19.8 Å². The predicted octanol–water partition coefficient (Wildman–Crippen LogP) is 2.06. The number of hydrogen-bond donors (Lipinski definition) is 2. The van der Waals surface area contributed by atoms with Gasteiger partial charge in [-0.2, -0.15) is 5.10 Å². The summed E-state index contributed by atoms with van der Waals surface area (Å²) in [6, 6.07) is 9.88. The number of halogens is 1. The van der Waals surface area contributed by atoms with Crippen LogP contribution in [-0.4, -0.2) is 92.8 Å². The van der Waals surface area contributed by atoms with Crippen LogP contribution in [0.4, 0.5) is 10.2 Å². The van der Waals surface area contributed by atoms with Gasteiger partial charge in [0.2, 0.25) is 11.7 Å². The van der Waals surface area contributed by atoms with E-state index >= 15 is 0 Å². The van der Waals surface area contributed by atoms with E-state index < -0.39 is 0 Å². The summed E-state index contributed by atoms with van der Waals surface area (Å²) in [6.45, 7) is 3.15. The van der Waals surface area contributed by atoms with Crippen molar-refractivity contribution >= 4 is 22.6 Å². The van der Waals surface area contributed by atoms with Crippen molar-refractivity contribution in [2.24, 2.45) is 0 Å². The van der Waals surface area contributed by atoms with Crippen molar-refractivity contribution in [2.75, 3.05) is 51.7 Å². The Kier molecular flexibility index (Phi) is 6.47. The number of hydrogen-bond acceptors (Lipinski definition) is 8. The summed E-state index contributed by atoms with van der Waals surface area (Å²) >= 11 is 0. The van der Waals surface area contributed by atoms with Crippen LogP contribution in [0.15, 0.2) is 42.6 Å². The van der Waals surface area contributed by atoms with Gasteiger partial charge >= 0.3 is 0 Å². The molecule has 4 heterocycles. The Labute approximate surface area is 207 Å². The number of aromatic amines is 1. The number of anilines is 1. The molecule has 0 aliphatic carbocycles. The van der Waals surface area contributed by atoms with Gasteiger partial charge in [-0.1, -0.05) is 12.1 Å². The van der Waals surface area contributed by atoms with Crippen molar-refractivity contribution in [3.63, 3.8) is 0 Å². The SMILES string of the molecule is CN(C)C(=O)CN1CCN(c2nc(-c3n[nH]c(Cc4ccc(F)cc4)n3)c(O)c3ncccc23)CC1. The Hall–Kier alpha value is -4.12. The minimum Gasteiger partial charge on any atom is -0.504 e. The Balaban J connectivity index is 1.42. The molecule has 0 atom stereocenters. The van der Waals surface area contributed by atoms with E-state index in [9.17, 15) is 14.3 Å². The molecule has 0 unspecified atom stereocenters. The number of likely N-dealkylation sites (N-methyl/N-ethyl adjacent to an activating group) is 1. The van der Waals surface area contributed by atoms with Crippen molar-refractivity contribution in [1.29, 1.82) is 0 Å². The van der Waals surface area contributed by atoms with E-state index in [0.717, 1.165) is 10.9 Å². The van der Waals surface area contributed by atoms with Gasteiger partial charge in [-0.15, -0.1) is 0 Å². The van der Waals surface area contributed by atoms with Gasteiger partial charge in [0.05, 0.1) is 6.54 Å². The number of piperazine rings is 1. The zero-order valence-electron chi connectivity index (χ0n) is 20.1. The summed E-state index contributed by atoms with van der Waals surface area (Å²) in [5.74, 6) is 1.20. The molecular weight excluding hydrogens is 463 g/mol. The lowest BCUT2D eigenvalue weighted by Gasteiger charge is -2.36. The number of nitrogens with zero attached hydrogens (tertiary/aromatic N) is 7. The van der Waals surface area contributed by atoms with Gasteiger partial charge in [-0.05, 0) is 29.8 Å². The number of H-pyrrole nitrogens is 1. The molecule has 11 heteroatoms. The Morgan fingerprint density at radius 3 is 2.58 bits per heavy atom. The van der Waals surface area contributed by atoms with Crippen LogP contribution in [0.1, 0.15) is 11.4 Å². The average molecular weight is 491 g/mol. The molecule has 5 rings (SSSR count). The lowest BCUT2D eigenvalue weighted by Crippen LogP contribution is -2.49. The first-order valence-corrected chi connectivity index (χ1v) is 11.7. The molecule has 1 aliphatic rings. The monoisotopic (exact) mass is 490 g/mol. The fourth-order valence-electron chi connectivity index (χ4n) is 4.23. The first kappa shape index (κ1) is 23.6. The fraction of sp³-hybridized carbons (Fsp3) is 0.320. The number of amides is 1. The highest BCUT2D eigenvalue weighted by molar-refractivity contribution is 5.97. The molecule has 4 aromatic rings. The maximum Gasteiger partial charge on any atom is 0.236 e. The number of aromatic nitrogens is 5. The second kappa shape index (κ2) is 9.86. The van der Waals surface area contributed by atoms with E-state index in [1.807, 2.05) is 12.1 Å². The lowest BCUT2D eigenvalue weighted by molar-refractivity contribution is -0.129. The molecule has 1 fully saturated rings. The largest absolute Gasteiger partial charge is 0.504 e. The van der Waals surface area contributed by atoms with E-state index in [1.54, 1.807) is 37.3 Å². The molecule has 3 aromatic heterocycles. The Morgan fingerprint density at radius 1 is 1.11 bits per heavy atom. The second-order valence-electron chi connectivity index (χ2n) is 8.99. The molecule has 2 N–H and O–H groups in total. The molecule has 1 aliphatic heterocycles. The number of nitrogens with one attached hydrogen (secondary N) is 1. The first-order valence-electron chi connectivity index (χ1n) is 11.7. The maximum absolute atomic E-state index is 13.2. The molecule has 10 nitrogen and oxygen atoms in total. The smallest absolute Gasteiger partial charge is 0.236 e. The minimum absolute atomic E-state index is 0.0733. The molecule has 0 bridgehead atoms. The van der Waals surface area contributed by atoms with Gasteiger partial charge in [-0.25, -0.2) is 14.4 Å². The van der Waals surface area contributed by atoms with Crippen LogP contribution in [-0.2, 0) is 11.2 Å². The van der Waals surface area contributed by atoms with Crippen molar-refractivity contribution in [1.82, 2.24) is 34.9 Å². The van der Waals surface area contributed by atoms with Crippen LogP contribution in [0.5, 0.6) is 5.75 Å². The van der Waals surface area contributed by atoms with Crippen molar-refractivity contribution < 1.29 is 14.3 Å². The van der Waals surface area contributed by atoms with E-state index in [1.165, 1.54) is 12.1 Å². The zero-order chi connectivity index (χ0) is 25.2. The van der Waals surface area contributed by atoms with E-state index in [4.69, 9.17) is 4.98 Å². The number of rotatable bonds is 6. The van der Waals surface area contributed by atoms with Crippen LogP contribution in [0, 0.1) is 5.82 Å². The standard InChI is InChI=1S/C25H27FN8O2/c1-32(2)20(35)15-33-10-12-34(13-11-33)25-18-4-3-9-27-21(18)23(36)22(29-25)24-28-19(30-31-24)14-16-5-7-17(26)8-6-16/h3-9,36H,10-15H2,1-2H3,(H,28,30,31). The second-order valence-corrected chi connectivity index (χ2v) is 8.99. The van der Waals surface area contributed by atoms with Gasteiger partial charge in [0.1, 0.15) is 23.0 Å². The van der Waals surface area contributed by atoms with Gasteiger partial charge < -0.3 is 14.9 Å². The van der Waals surface area contributed by atoms with Crippen molar-refractivity contribution in [3.05, 3.63) is 59.8 Å². The number of carbonyl (C=O) groups is 1. The third kappa shape index (κ3) is 4.82. The first-order chi connectivity index (χ1) is 17.4. The summed E-state index contributed by atoms with van der Waals surface area (Å²) in [4.78, 5) is 31.7. The number of fused-ring (bicyclic) bond motifs is 1. The Bertz CT molecular complexity index is 1380. The van der Waals surface area contributed by atoms with Crippen LogP contribution < -0.4 is 4.90 Å². The topological polar surface area (TPSA) is 114 Å². The normalized spacial score (nSPS) is 14.4. The Morgan fingerprint density at radius 2 is 1.86 bits per heavy atom. The molecule has 0 saturated carbocycles. The highest BCUT2D eigenvalue weighted by atomic mass is 19.1. The van der Waals surface area contributed by atoms with Gasteiger partial charge in [0.25, 0.3) is 0 Å². The van der Waals surface area contributed by atoms with E-state index in [2.05, 4.69) is 30.0 Å². The van der Waals surface area contributed by atoms with E-state index in [-0.39, 0.29) is 29.0 Å². The fourth-order valence-corrected chi connectivity index (χ4v) is 4.23. The van der Waals surface area contributed by atoms with Gasteiger partial charge in [0, 0.05) is 58.3 Å². The molecule has 36 heavy (non-hydrogen) atoms. The highest BCUT2D eigenvalue weighted by Gasteiger charge is 2.25. The summed E-state index contributed by atoms with van der Waals surface area (Å²) in [7, 11) is 3.52. The number of pyridine rings is 2. The average Bonchev–Trinajstić information content (AvgIpc) is 3.34. The molecule has 1 saturated heterocycles. The zero-order valence-corrected chi connectivity index (χ0v) is 20.1. The summed E-state index contributed by atoms with van der Waals surface area (Å²) in [5.41, 5.74) is 1.54. The third-order valence-electron chi connectivity index (χ3n) is 6.27. The van der Waals surface area contributed by atoms with Crippen molar-refractivity contribution in [2.45, 2.75) is 6.42 Å². The molecule has 0 radical (unpaired) electrons. The van der Waals surface area contributed by atoms with Crippen LogP contribution in [0.3, 0.4) is 0 Å². The highest BCUT2D eigenvalue weighted by Crippen LogP contribution is 2.36. The third-order valence-corrected chi connectivity index (χ3v) is 6.27. The predicted molar refractivity (Wildman–Crippen MR) is 133 cm³/mol. The molecule has 186 valence electrons. The van der Waals surface area contributed by atoms with Crippen LogP contribution >= 0.6 is 0 Å². The summed E-state index contributed by atoms with van der Waals surface area (Å²) in [6.07, 6.45) is 2.05. The molecule has 1 amide bonds. The quantitative estimate of drug-likeness (QED) is 0.422. The number of carbonyl (C=O) groups excluding carboxylic acids is 1. The number of aromatic hydroxyl groups is 1. The molecular formula is C25H27FN8O2. The maximum atomic E-state index is 13.2. The van der Waals surface area contributed by atoms with E-state index in [0.29, 0.717) is 56.3 Å². The number of benzene rings is 1. The van der Waals surface area contributed by atoms with Crippen molar-refractivity contribution in [3.8, 4) is 17.3 Å². The minimum atomic E-state index is -0.299.